The number of carbonyl (C=O) groups is 3. The molecular formula is C10H13NO7S. The molecule has 2 heterocycles. The molecule has 0 bridgehead atoms. The summed E-state index contributed by atoms with van der Waals surface area (Å²) in [6, 6.07) is -1.47. The van der Waals surface area contributed by atoms with E-state index in [1.807, 2.05) is 0 Å². The van der Waals surface area contributed by atoms with Gasteiger partial charge < -0.3 is 15.1 Å². The van der Waals surface area contributed by atoms with Crippen molar-refractivity contribution in [1.29, 1.82) is 0 Å². The fourth-order valence-corrected chi connectivity index (χ4v) is 5.10. The van der Waals surface area contributed by atoms with Gasteiger partial charge in [0, 0.05) is 0 Å². The Balaban J connectivity index is 2.48. The molecule has 9 heteroatoms. The summed E-state index contributed by atoms with van der Waals surface area (Å²) >= 11 is 0. The Morgan fingerprint density at radius 3 is 2.26 bits per heavy atom. The van der Waals surface area contributed by atoms with Crippen LogP contribution in [0.25, 0.3) is 0 Å². The fourth-order valence-electron chi connectivity index (χ4n) is 2.78. The molecule has 2 N–H and O–H groups in total. The first-order valence-corrected chi connectivity index (χ1v) is 7.08. The highest BCUT2D eigenvalue weighted by Crippen LogP contribution is 2.49. The van der Waals surface area contributed by atoms with Crippen molar-refractivity contribution in [2.75, 3.05) is 0 Å². The molecule has 0 aromatic carbocycles. The SMILES string of the molecule is CC1(C)[C@H](C(=O)O)N2C(=O)[C@@H](CC(=O)O)[C@H]2S1(=O)=O. The second-order valence-electron chi connectivity index (χ2n) is 5.23. The highest BCUT2D eigenvalue weighted by molar-refractivity contribution is 7.93. The topological polar surface area (TPSA) is 129 Å². The van der Waals surface area contributed by atoms with Crippen molar-refractivity contribution in [3.63, 3.8) is 0 Å². The average Bonchev–Trinajstić information content (AvgIpc) is 2.38. The number of sulfone groups is 1. The Morgan fingerprint density at radius 1 is 1.32 bits per heavy atom. The number of carboxylic acids is 2. The summed E-state index contributed by atoms with van der Waals surface area (Å²) in [5, 5.41) is 16.5. The average molecular weight is 291 g/mol. The number of hydrogen-bond donors (Lipinski definition) is 2. The largest absolute Gasteiger partial charge is 0.481 e. The van der Waals surface area contributed by atoms with Crippen LogP contribution in [-0.2, 0) is 24.2 Å². The summed E-state index contributed by atoms with van der Waals surface area (Å²) < 4.78 is 22.9. The number of carbonyl (C=O) groups excluding carboxylic acids is 1. The Labute approximate surface area is 108 Å². The van der Waals surface area contributed by atoms with Crippen molar-refractivity contribution < 1.29 is 33.0 Å². The van der Waals surface area contributed by atoms with Crippen molar-refractivity contribution in [3.05, 3.63) is 0 Å². The van der Waals surface area contributed by atoms with Gasteiger partial charge in [-0.1, -0.05) is 0 Å². The van der Waals surface area contributed by atoms with Crippen LogP contribution in [0.4, 0.5) is 0 Å². The number of rotatable bonds is 3. The number of nitrogens with zero attached hydrogens (tertiary/aromatic N) is 1. The molecule has 1 amide bonds. The van der Waals surface area contributed by atoms with E-state index < -0.39 is 56.2 Å². The quantitative estimate of drug-likeness (QED) is 0.632. The van der Waals surface area contributed by atoms with Gasteiger partial charge in [-0.3, -0.25) is 9.59 Å². The molecule has 19 heavy (non-hydrogen) atoms. The van der Waals surface area contributed by atoms with E-state index >= 15 is 0 Å². The Morgan fingerprint density at radius 2 is 1.84 bits per heavy atom. The molecule has 2 saturated heterocycles. The maximum atomic E-state index is 12.3. The van der Waals surface area contributed by atoms with Crippen molar-refractivity contribution in [1.82, 2.24) is 4.90 Å². The molecule has 0 aromatic heterocycles. The zero-order valence-corrected chi connectivity index (χ0v) is 11.0. The third-order valence-electron chi connectivity index (χ3n) is 3.81. The molecule has 2 aliphatic heterocycles. The van der Waals surface area contributed by atoms with Gasteiger partial charge in [0.1, 0.15) is 11.4 Å². The van der Waals surface area contributed by atoms with Crippen LogP contribution in [-0.4, -0.2) is 57.5 Å². The Kier molecular flexibility index (Phi) is 2.67. The molecule has 0 aliphatic carbocycles. The van der Waals surface area contributed by atoms with Gasteiger partial charge >= 0.3 is 11.9 Å². The normalized spacial score (nSPS) is 34.5. The van der Waals surface area contributed by atoms with Gasteiger partial charge in [-0.25, -0.2) is 13.2 Å². The van der Waals surface area contributed by atoms with E-state index in [9.17, 15) is 22.8 Å². The van der Waals surface area contributed by atoms with Gasteiger partial charge in [-0.15, -0.1) is 0 Å². The molecule has 8 nitrogen and oxygen atoms in total. The molecule has 0 saturated carbocycles. The Bertz CT molecular complexity index is 579. The summed E-state index contributed by atoms with van der Waals surface area (Å²) in [6.07, 6.45) is -0.609. The summed E-state index contributed by atoms with van der Waals surface area (Å²) in [4.78, 5) is 34.4. The molecule has 0 radical (unpaired) electrons. The van der Waals surface area contributed by atoms with Gasteiger partial charge in [0.15, 0.2) is 9.84 Å². The lowest BCUT2D eigenvalue weighted by atomic mass is 9.90. The predicted molar refractivity (Wildman–Crippen MR) is 60.8 cm³/mol. The first kappa shape index (κ1) is 13.8. The third kappa shape index (κ3) is 1.50. The molecule has 0 spiro atoms. The molecule has 3 atom stereocenters. The maximum absolute atomic E-state index is 12.3. The molecule has 0 aromatic rings. The summed E-state index contributed by atoms with van der Waals surface area (Å²) in [6.45, 7) is 2.48. The third-order valence-corrected chi connectivity index (χ3v) is 6.69. The van der Waals surface area contributed by atoms with Crippen molar-refractivity contribution >= 4 is 27.7 Å². The second kappa shape index (κ2) is 3.69. The van der Waals surface area contributed by atoms with E-state index in [-0.39, 0.29) is 0 Å². The van der Waals surface area contributed by atoms with Crippen LogP contribution in [0.2, 0.25) is 0 Å². The molecule has 106 valence electrons. The predicted octanol–water partition coefficient (Wildman–Crippen LogP) is -1.09. The molecule has 2 aliphatic rings. The lowest BCUT2D eigenvalue weighted by Gasteiger charge is -2.42. The lowest BCUT2D eigenvalue weighted by molar-refractivity contribution is -0.166. The van der Waals surface area contributed by atoms with Gasteiger partial charge in [0.05, 0.1) is 17.1 Å². The van der Waals surface area contributed by atoms with E-state index in [4.69, 9.17) is 10.2 Å². The van der Waals surface area contributed by atoms with Gasteiger partial charge in [-0.05, 0) is 13.8 Å². The number of aliphatic carboxylic acids is 2. The fraction of sp³-hybridized carbons (Fsp3) is 0.700. The van der Waals surface area contributed by atoms with Gasteiger partial charge in [0.25, 0.3) is 0 Å². The second-order valence-corrected chi connectivity index (χ2v) is 7.85. The van der Waals surface area contributed by atoms with Gasteiger partial charge in [0.2, 0.25) is 5.91 Å². The van der Waals surface area contributed by atoms with Crippen LogP contribution in [0.5, 0.6) is 0 Å². The lowest BCUT2D eigenvalue weighted by Crippen LogP contribution is -2.63. The van der Waals surface area contributed by atoms with Crippen LogP contribution in [0.3, 0.4) is 0 Å². The zero-order chi connectivity index (χ0) is 14.7. The van der Waals surface area contributed by atoms with E-state index in [1.54, 1.807) is 0 Å². The first-order chi connectivity index (χ1) is 8.53. The van der Waals surface area contributed by atoms with E-state index in [0.717, 1.165) is 4.90 Å². The van der Waals surface area contributed by atoms with Crippen molar-refractivity contribution in [2.45, 2.75) is 36.4 Å². The standard InChI is InChI=1S/C10H13NO7S/c1-10(2)6(9(15)16)11-7(14)4(3-5(12)13)8(11)19(10,17)18/h4,6,8H,3H2,1-2H3,(H,12,13)(H,15,16)/t4-,6+,8-/m1/s1. The summed E-state index contributed by atoms with van der Waals surface area (Å²) in [5.74, 6) is -4.61. The molecule has 0 unspecified atom stereocenters. The molecule has 2 rings (SSSR count). The van der Waals surface area contributed by atoms with Crippen LogP contribution < -0.4 is 0 Å². The smallest absolute Gasteiger partial charge is 0.328 e. The van der Waals surface area contributed by atoms with E-state index in [2.05, 4.69) is 0 Å². The minimum absolute atomic E-state index is 0.609. The zero-order valence-electron chi connectivity index (χ0n) is 10.2. The van der Waals surface area contributed by atoms with Crippen LogP contribution in [0.1, 0.15) is 20.3 Å². The number of amides is 1. The molecule has 2 fully saturated rings. The minimum Gasteiger partial charge on any atom is -0.481 e. The molecular weight excluding hydrogens is 278 g/mol. The number of hydrogen-bond acceptors (Lipinski definition) is 5. The first-order valence-electron chi connectivity index (χ1n) is 5.53. The monoisotopic (exact) mass is 291 g/mol. The van der Waals surface area contributed by atoms with E-state index in [1.165, 1.54) is 13.8 Å². The van der Waals surface area contributed by atoms with Crippen molar-refractivity contribution in [2.24, 2.45) is 5.92 Å². The highest BCUT2D eigenvalue weighted by Gasteiger charge is 2.72. The van der Waals surface area contributed by atoms with Crippen LogP contribution >= 0.6 is 0 Å². The van der Waals surface area contributed by atoms with Gasteiger partial charge in [-0.2, -0.15) is 0 Å². The summed E-state index contributed by atoms with van der Waals surface area (Å²) in [5.41, 5.74) is 0. The van der Waals surface area contributed by atoms with E-state index in [0.29, 0.717) is 0 Å². The van der Waals surface area contributed by atoms with Crippen LogP contribution in [0, 0.1) is 5.92 Å². The number of β-lactam (4-membered cyclic amide) rings is 1. The summed E-state index contributed by atoms with van der Waals surface area (Å²) in [7, 11) is -3.93. The number of fused-ring (bicyclic) bond motifs is 1. The number of carboxylic acid groups (broad SMARTS) is 2. The maximum Gasteiger partial charge on any atom is 0.328 e. The highest BCUT2D eigenvalue weighted by atomic mass is 32.2. The van der Waals surface area contributed by atoms with Crippen LogP contribution in [0.15, 0.2) is 0 Å². The van der Waals surface area contributed by atoms with Crippen molar-refractivity contribution in [3.8, 4) is 0 Å². The Hall–Kier alpha value is -1.64. The minimum atomic E-state index is -3.93.